The second-order valence-electron chi connectivity index (χ2n) is 5.86. The Morgan fingerprint density at radius 2 is 2.04 bits per heavy atom. The monoisotopic (exact) mass is 360 g/mol. The Bertz CT molecular complexity index is 1030. The normalized spacial score (nSPS) is 14.5. The molecule has 0 radical (unpaired) electrons. The number of anilines is 1. The Morgan fingerprint density at radius 3 is 2.92 bits per heavy atom. The van der Waals surface area contributed by atoms with Crippen LogP contribution >= 0.6 is 11.7 Å². The molecular formula is C16H16N4O2S2. The van der Waals surface area contributed by atoms with Crippen LogP contribution in [0.3, 0.4) is 0 Å². The zero-order valence-electron chi connectivity index (χ0n) is 13.0. The molecule has 0 spiro atoms. The molecule has 1 aliphatic rings. The minimum absolute atomic E-state index is 0.202. The van der Waals surface area contributed by atoms with E-state index in [0.717, 1.165) is 31.2 Å². The van der Waals surface area contributed by atoms with Crippen LogP contribution in [0.25, 0.3) is 11.0 Å². The molecule has 0 fully saturated rings. The van der Waals surface area contributed by atoms with Crippen LogP contribution in [0.15, 0.2) is 35.2 Å². The van der Waals surface area contributed by atoms with Crippen molar-refractivity contribution in [1.82, 2.24) is 14.1 Å². The van der Waals surface area contributed by atoms with Gasteiger partial charge in [0.25, 0.3) is 10.0 Å². The van der Waals surface area contributed by atoms with Crippen LogP contribution in [0.5, 0.6) is 0 Å². The first-order valence-electron chi connectivity index (χ1n) is 7.62. The van der Waals surface area contributed by atoms with Gasteiger partial charge in [0.2, 0.25) is 0 Å². The van der Waals surface area contributed by atoms with Crippen LogP contribution in [0.4, 0.5) is 5.69 Å². The van der Waals surface area contributed by atoms with Gasteiger partial charge in [0, 0.05) is 12.2 Å². The van der Waals surface area contributed by atoms with E-state index in [1.165, 1.54) is 11.1 Å². The zero-order valence-corrected chi connectivity index (χ0v) is 14.7. The number of benzene rings is 2. The molecule has 0 bridgehead atoms. The van der Waals surface area contributed by atoms with Gasteiger partial charge >= 0.3 is 0 Å². The van der Waals surface area contributed by atoms with E-state index in [-0.39, 0.29) is 4.90 Å². The van der Waals surface area contributed by atoms with Crippen molar-refractivity contribution in [3.05, 3.63) is 47.0 Å². The molecule has 0 unspecified atom stereocenters. The Labute approximate surface area is 144 Å². The van der Waals surface area contributed by atoms with E-state index in [9.17, 15) is 8.42 Å². The Balaban J connectivity index is 1.75. The molecule has 0 atom stereocenters. The summed E-state index contributed by atoms with van der Waals surface area (Å²) in [6.45, 7) is 3.50. The maximum atomic E-state index is 12.9. The quantitative estimate of drug-likeness (QED) is 0.749. The third-order valence-electron chi connectivity index (χ3n) is 4.19. The number of hydrogen-bond acceptors (Lipinski definition) is 6. The van der Waals surface area contributed by atoms with Crippen molar-refractivity contribution < 1.29 is 8.42 Å². The molecule has 4 rings (SSSR count). The molecule has 8 heteroatoms. The maximum Gasteiger partial charge on any atom is 0.264 e. The van der Waals surface area contributed by atoms with Crippen molar-refractivity contribution in [2.24, 2.45) is 0 Å². The fourth-order valence-corrected chi connectivity index (χ4v) is 5.05. The van der Waals surface area contributed by atoms with Crippen LogP contribution in [0.1, 0.15) is 16.7 Å². The average Bonchev–Trinajstić information content (AvgIpc) is 3.02. The van der Waals surface area contributed by atoms with Gasteiger partial charge in [-0.2, -0.15) is 8.75 Å². The van der Waals surface area contributed by atoms with Gasteiger partial charge in [0.1, 0.15) is 15.9 Å². The highest BCUT2D eigenvalue weighted by Gasteiger charge is 2.23. The standard InChI is InChI=1S/C16H16N4O2S2/c1-10-2-5-14-15(19-23-18-14)16(10)24(21,22)20-13-4-3-12-9-17-7-6-11(12)8-13/h2-5,8,17,20H,6-7,9H2,1H3. The summed E-state index contributed by atoms with van der Waals surface area (Å²) in [7, 11) is -3.73. The lowest BCUT2D eigenvalue weighted by atomic mass is 10.0. The molecule has 2 N–H and O–H groups in total. The molecule has 1 aromatic heterocycles. The van der Waals surface area contributed by atoms with E-state index < -0.39 is 10.0 Å². The van der Waals surface area contributed by atoms with E-state index in [2.05, 4.69) is 18.8 Å². The number of aromatic nitrogens is 2. The molecule has 0 saturated heterocycles. The van der Waals surface area contributed by atoms with Crippen LogP contribution in [0.2, 0.25) is 0 Å². The van der Waals surface area contributed by atoms with E-state index in [0.29, 0.717) is 22.3 Å². The third kappa shape index (κ3) is 2.66. The van der Waals surface area contributed by atoms with Crippen molar-refractivity contribution >= 4 is 38.5 Å². The average molecular weight is 360 g/mol. The van der Waals surface area contributed by atoms with E-state index in [4.69, 9.17) is 0 Å². The van der Waals surface area contributed by atoms with Gasteiger partial charge in [0.05, 0.1) is 11.7 Å². The van der Waals surface area contributed by atoms with Crippen molar-refractivity contribution in [3.8, 4) is 0 Å². The summed E-state index contributed by atoms with van der Waals surface area (Å²) in [5.74, 6) is 0. The molecule has 2 heterocycles. The summed E-state index contributed by atoms with van der Waals surface area (Å²) in [6, 6.07) is 9.24. The lowest BCUT2D eigenvalue weighted by Gasteiger charge is -2.18. The molecule has 3 aromatic rings. The van der Waals surface area contributed by atoms with Crippen LogP contribution in [0, 0.1) is 6.92 Å². The molecule has 24 heavy (non-hydrogen) atoms. The van der Waals surface area contributed by atoms with Gasteiger partial charge in [0.15, 0.2) is 0 Å². The topological polar surface area (TPSA) is 84.0 Å². The molecule has 124 valence electrons. The number of nitrogens with one attached hydrogen (secondary N) is 2. The van der Waals surface area contributed by atoms with Gasteiger partial charge in [-0.25, -0.2) is 8.42 Å². The fourth-order valence-electron chi connectivity index (χ4n) is 3.01. The fraction of sp³-hybridized carbons (Fsp3) is 0.250. The molecule has 0 saturated carbocycles. The summed E-state index contributed by atoms with van der Waals surface area (Å²) < 4.78 is 36.8. The second kappa shape index (κ2) is 5.80. The van der Waals surface area contributed by atoms with E-state index >= 15 is 0 Å². The number of nitrogens with zero attached hydrogens (tertiary/aromatic N) is 2. The SMILES string of the molecule is Cc1ccc2nsnc2c1S(=O)(=O)Nc1ccc2c(c1)CCNC2. The van der Waals surface area contributed by atoms with Crippen LogP contribution in [-0.2, 0) is 23.0 Å². The van der Waals surface area contributed by atoms with Gasteiger partial charge in [-0.15, -0.1) is 0 Å². The third-order valence-corrected chi connectivity index (χ3v) is 6.29. The summed E-state index contributed by atoms with van der Waals surface area (Å²) in [5, 5.41) is 3.31. The van der Waals surface area contributed by atoms with Gasteiger partial charge in [-0.1, -0.05) is 12.1 Å². The summed E-state index contributed by atoms with van der Waals surface area (Å²) in [6.07, 6.45) is 0.898. The number of fused-ring (bicyclic) bond motifs is 2. The van der Waals surface area contributed by atoms with Crippen molar-refractivity contribution in [3.63, 3.8) is 0 Å². The highest BCUT2D eigenvalue weighted by molar-refractivity contribution is 7.93. The Hall–Kier alpha value is -2.03. The first-order valence-corrected chi connectivity index (χ1v) is 9.83. The number of hydrogen-bond donors (Lipinski definition) is 2. The molecular weight excluding hydrogens is 344 g/mol. The first-order chi connectivity index (χ1) is 11.5. The molecule has 1 aliphatic heterocycles. The number of rotatable bonds is 3. The largest absolute Gasteiger partial charge is 0.312 e. The summed E-state index contributed by atoms with van der Waals surface area (Å²) in [4.78, 5) is 0.202. The number of aryl methyl sites for hydroxylation is 1. The van der Waals surface area contributed by atoms with Gasteiger partial charge in [-0.3, -0.25) is 4.72 Å². The first kappa shape index (κ1) is 15.5. The second-order valence-corrected chi connectivity index (χ2v) is 8.01. The minimum atomic E-state index is -3.73. The molecule has 2 aromatic carbocycles. The highest BCUT2D eigenvalue weighted by Crippen LogP contribution is 2.28. The molecule has 0 amide bonds. The lowest BCUT2D eigenvalue weighted by Crippen LogP contribution is -2.23. The van der Waals surface area contributed by atoms with Gasteiger partial charge < -0.3 is 5.32 Å². The molecule has 6 nitrogen and oxygen atoms in total. The lowest BCUT2D eigenvalue weighted by molar-refractivity contribution is 0.601. The smallest absolute Gasteiger partial charge is 0.264 e. The van der Waals surface area contributed by atoms with Crippen molar-refractivity contribution in [1.29, 1.82) is 0 Å². The number of sulfonamides is 1. The molecule has 0 aliphatic carbocycles. The Kier molecular flexibility index (Phi) is 3.75. The summed E-state index contributed by atoms with van der Waals surface area (Å²) >= 11 is 1.02. The van der Waals surface area contributed by atoms with Crippen molar-refractivity contribution in [2.45, 2.75) is 24.8 Å². The highest BCUT2D eigenvalue weighted by atomic mass is 32.2. The van der Waals surface area contributed by atoms with E-state index in [1.807, 2.05) is 12.1 Å². The predicted octanol–water partition coefficient (Wildman–Crippen LogP) is 2.45. The zero-order chi connectivity index (χ0) is 16.7. The van der Waals surface area contributed by atoms with Crippen LogP contribution < -0.4 is 10.0 Å². The van der Waals surface area contributed by atoms with Crippen LogP contribution in [-0.4, -0.2) is 23.7 Å². The van der Waals surface area contributed by atoms with Gasteiger partial charge in [-0.05, 0) is 54.8 Å². The summed E-state index contributed by atoms with van der Waals surface area (Å²) in [5.41, 5.74) is 4.66. The predicted molar refractivity (Wildman–Crippen MR) is 94.8 cm³/mol. The Morgan fingerprint density at radius 1 is 1.17 bits per heavy atom. The van der Waals surface area contributed by atoms with E-state index in [1.54, 1.807) is 25.1 Å². The van der Waals surface area contributed by atoms with Crippen molar-refractivity contribution in [2.75, 3.05) is 11.3 Å². The maximum absolute atomic E-state index is 12.9. The minimum Gasteiger partial charge on any atom is -0.312 e.